The molecule has 0 N–H and O–H groups in total. The minimum absolute atomic E-state index is 0.0440. The van der Waals surface area contributed by atoms with Gasteiger partial charge < -0.3 is 9.64 Å². The summed E-state index contributed by atoms with van der Waals surface area (Å²) in [6.45, 7) is 1.74. The van der Waals surface area contributed by atoms with E-state index in [1.807, 2.05) is 0 Å². The first-order chi connectivity index (χ1) is 8.88. The normalized spacial score (nSPS) is 11.8. The van der Waals surface area contributed by atoms with Crippen molar-refractivity contribution in [1.29, 1.82) is 0 Å². The molecule has 1 rings (SSSR count). The predicted molar refractivity (Wildman–Crippen MR) is 69.6 cm³/mol. The van der Waals surface area contributed by atoms with Crippen molar-refractivity contribution in [2.75, 3.05) is 20.7 Å². The average molecular weight is 288 g/mol. The van der Waals surface area contributed by atoms with Gasteiger partial charge >= 0.3 is 5.97 Å². The molecule has 0 aromatic heterocycles. The van der Waals surface area contributed by atoms with E-state index in [1.54, 1.807) is 6.92 Å². The van der Waals surface area contributed by atoms with Crippen LogP contribution in [0.3, 0.4) is 0 Å². The second-order valence-electron chi connectivity index (χ2n) is 4.21. The van der Waals surface area contributed by atoms with Crippen LogP contribution in [0.4, 0.5) is 4.39 Å². The highest BCUT2D eigenvalue weighted by Gasteiger charge is 2.23. The van der Waals surface area contributed by atoms with Gasteiger partial charge in [-0.1, -0.05) is 24.6 Å². The van der Waals surface area contributed by atoms with Gasteiger partial charge in [-0.3, -0.25) is 9.59 Å². The zero-order valence-corrected chi connectivity index (χ0v) is 11.7. The van der Waals surface area contributed by atoms with Crippen LogP contribution in [-0.2, 0) is 9.53 Å². The fraction of sp³-hybridized carbons (Fsp3) is 0.385. The van der Waals surface area contributed by atoms with Crippen LogP contribution in [0.5, 0.6) is 0 Å². The molecule has 6 heteroatoms. The third kappa shape index (κ3) is 3.67. The number of rotatable bonds is 4. The van der Waals surface area contributed by atoms with Crippen molar-refractivity contribution in [3.8, 4) is 0 Å². The van der Waals surface area contributed by atoms with Gasteiger partial charge in [-0.2, -0.15) is 0 Å². The van der Waals surface area contributed by atoms with Crippen LogP contribution in [0.15, 0.2) is 18.2 Å². The average Bonchev–Trinajstić information content (AvgIpc) is 2.37. The summed E-state index contributed by atoms with van der Waals surface area (Å²) in [5.74, 6) is -2.18. The highest BCUT2D eigenvalue weighted by molar-refractivity contribution is 6.33. The number of carbonyl (C=O) groups is 2. The van der Waals surface area contributed by atoms with Crippen LogP contribution in [0.2, 0.25) is 5.02 Å². The Hall–Kier alpha value is -1.62. The van der Waals surface area contributed by atoms with E-state index in [9.17, 15) is 14.0 Å². The molecule has 0 bridgehead atoms. The highest BCUT2D eigenvalue weighted by atomic mass is 35.5. The van der Waals surface area contributed by atoms with Gasteiger partial charge in [0, 0.05) is 13.6 Å². The number of nitrogens with zero attached hydrogens (tertiary/aromatic N) is 1. The van der Waals surface area contributed by atoms with E-state index in [0.717, 1.165) is 6.07 Å². The Bertz CT molecular complexity index is 473. The summed E-state index contributed by atoms with van der Waals surface area (Å²) in [5.41, 5.74) is -0.191. The van der Waals surface area contributed by atoms with Gasteiger partial charge in [-0.05, 0) is 12.1 Å². The minimum atomic E-state index is -0.685. The van der Waals surface area contributed by atoms with Gasteiger partial charge in [-0.25, -0.2) is 4.39 Å². The van der Waals surface area contributed by atoms with Gasteiger partial charge in [0.2, 0.25) is 0 Å². The molecule has 0 fully saturated rings. The Morgan fingerprint density at radius 3 is 2.63 bits per heavy atom. The Balaban J connectivity index is 2.86. The summed E-state index contributed by atoms with van der Waals surface area (Å²) in [6, 6.07) is 4.03. The number of amides is 1. The van der Waals surface area contributed by atoms with Crippen LogP contribution in [0, 0.1) is 11.7 Å². The van der Waals surface area contributed by atoms with E-state index >= 15 is 0 Å². The molecule has 1 unspecified atom stereocenters. The first-order valence-electron chi connectivity index (χ1n) is 5.65. The number of carbonyl (C=O) groups excluding carboxylic acids is 2. The van der Waals surface area contributed by atoms with E-state index in [4.69, 9.17) is 11.6 Å². The van der Waals surface area contributed by atoms with E-state index in [-0.39, 0.29) is 17.1 Å². The number of hydrogen-bond donors (Lipinski definition) is 0. The number of ether oxygens (including phenoxy) is 1. The fourth-order valence-electron chi connectivity index (χ4n) is 1.66. The van der Waals surface area contributed by atoms with Crippen molar-refractivity contribution in [1.82, 2.24) is 4.90 Å². The third-order valence-electron chi connectivity index (χ3n) is 2.67. The lowest BCUT2D eigenvalue weighted by atomic mass is 10.1. The van der Waals surface area contributed by atoms with Crippen LogP contribution < -0.4 is 0 Å². The van der Waals surface area contributed by atoms with Crippen molar-refractivity contribution in [2.24, 2.45) is 5.92 Å². The van der Waals surface area contributed by atoms with E-state index in [0.29, 0.717) is 0 Å². The van der Waals surface area contributed by atoms with Crippen molar-refractivity contribution >= 4 is 23.5 Å². The SMILES string of the molecule is COC(=O)C(C)CN(C)C(=O)c1c(F)cccc1Cl. The predicted octanol–water partition coefficient (Wildman–Crippen LogP) is 2.36. The Labute approximate surface area is 116 Å². The Morgan fingerprint density at radius 2 is 2.11 bits per heavy atom. The molecule has 0 heterocycles. The summed E-state index contributed by atoms with van der Waals surface area (Å²) in [7, 11) is 2.75. The van der Waals surface area contributed by atoms with Gasteiger partial charge in [0.05, 0.1) is 23.6 Å². The Morgan fingerprint density at radius 1 is 1.47 bits per heavy atom. The lowest BCUT2D eigenvalue weighted by Gasteiger charge is -2.21. The maximum Gasteiger partial charge on any atom is 0.310 e. The molecular weight excluding hydrogens is 273 g/mol. The zero-order chi connectivity index (χ0) is 14.6. The number of methoxy groups -OCH3 is 1. The largest absolute Gasteiger partial charge is 0.469 e. The monoisotopic (exact) mass is 287 g/mol. The molecule has 0 aliphatic carbocycles. The molecule has 0 radical (unpaired) electrons. The maximum atomic E-state index is 13.6. The second-order valence-corrected chi connectivity index (χ2v) is 4.61. The topological polar surface area (TPSA) is 46.6 Å². The van der Waals surface area contributed by atoms with Crippen molar-refractivity contribution in [3.63, 3.8) is 0 Å². The maximum absolute atomic E-state index is 13.6. The molecule has 0 saturated carbocycles. The summed E-state index contributed by atoms with van der Waals surface area (Å²) >= 11 is 5.82. The summed E-state index contributed by atoms with van der Waals surface area (Å²) in [6.07, 6.45) is 0. The molecule has 104 valence electrons. The number of halogens is 2. The lowest BCUT2D eigenvalue weighted by molar-refractivity contribution is -0.145. The van der Waals surface area contributed by atoms with Crippen LogP contribution in [-0.4, -0.2) is 37.5 Å². The van der Waals surface area contributed by atoms with E-state index in [2.05, 4.69) is 4.74 Å². The van der Waals surface area contributed by atoms with E-state index < -0.39 is 23.6 Å². The molecule has 1 amide bonds. The van der Waals surface area contributed by atoms with Gasteiger partial charge in [0.1, 0.15) is 5.82 Å². The van der Waals surface area contributed by atoms with Gasteiger partial charge in [0.15, 0.2) is 0 Å². The molecule has 0 spiro atoms. The molecule has 0 aliphatic heterocycles. The van der Waals surface area contributed by atoms with Crippen molar-refractivity contribution in [3.05, 3.63) is 34.6 Å². The standard InChI is InChI=1S/C13H15ClFNO3/c1-8(13(18)19-3)7-16(2)12(17)11-9(14)5-4-6-10(11)15/h4-6,8H,7H2,1-3H3. The third-order valence-corrected chi connectivity index (χ3v) is 2.99. The van der Waals surface area contributed by atoms with Crippen molar-refractivity contribution < 1.29 is 18.7 Å². The minimum Gasteiger partial charge on any atom is -0.469 e. The molecule has 4 nitrogen and oxygen atoms in total. The molecule has 19 heavy (non-hydrogen) atoms. The quantitative estimate of drug-likeness (QED) is 0.799. The van der Waals surface area contributed by atoms with E-state index in [1.165, 1.54) is 31.2 Å². The molecule has 0 aliphatic rings. The van der Waals surface area contributed by atoms with Gasteiger partial charge in [-0.15, -0.1) is 0 Å². The molecule has 1 atom stereocenters. The molecule has 0 saturated heterocycles. The molecular formula is C13H15ClFNO3. The smallest absolute Gasteiger partial charge is 0.310 e. The Kier molecular flexibility index (Phi) is 5.30. The van der Waals surface area contributed by atoms with Crippen LogP contribution in [0.1, 0.15) is 17.3 Å². The van der Waals surface area contributed by atoms with Crippen molar-refractivity contribution in [2.45, 2.75) is 6.92 Å². The lowest BCUT2D eigenvalue weighted by Crippen LogP contribution is -2.34. The number of esters is 1. The first kappa shape index (κ1) is 15.4. The highest BCUT2D eigenvalue weighted by Crippen LogP contribution is 2.20. The molecule has 1 aromatic rings. The summed E-state index contributed by atoms with van der Waals surface area (Å²) < 4.78 is 18.2. The van der Waals surface area contributed by atoms with Crippen LogP contribution in [0.25, 0.3) is 0 Å². The second kappa shape index (κ2) is 6.52. The number of hydrogen-bond acceptors (Lipinski definition) is 3. The van der Waals surface area contributed by atoms with Crippen LogP contribution >= 0.6 is 11.6 Å². The summed E-state index contributed by atoms with van der Waals surface area (Å²) in [5, 5.41) is 0.0440. The number of benzene rings is 1. The fourth-order valence-corrected chi connectivity index (χ4v) is 1.91. The molecule has 1 aromatic carbocycles. The first-order valence-corrected chi connectivity index (χ1v) is 6.03. The zero-order valence-electron chi connectivity index (χ0n) is 10.9. The summed E-state index contributed by atoms with van der Waals surface area (Å²) in [4.78, 5) is 24.6. The van der Waals surface area contributed by atoms with Gasteiger partial charge in [0.25, 0.3) is 5.91 Å².